The van der Waals surface area contributed by atoms with Crippen LogP contribution in [0.1, 0.15) is 40.7 Å². The molecule has 0 spiro atoms. The predicted molar refractivity (Wildman–Crippen MR) is 77.8 cm³/mol. The summed E-state index contributed by atoms with van der Waals surface area (Å²) < 4.78 is 0. The summed E-state index contributed by atoms with van der Waals surface area (Å²) >= 11 is 0. The summed E-state index contributed by atoms with van der Waals surface area (Å²) in [6.45, 7) is 1.08. The standard InChI is InChI=1S/C16H20N2O3/c17-14-6-2-5-13(14)15(19)18-8-7-11-10(9-18)3-1-4-12(11)16(20)21/h1,3-4,13-14H,2,5-9,17H2,(H,20,21). The number of nitrogens with two attached hydrogens (primary N) is 1. The largest absolute Gasteiger partial charge is 0.478 e. The van der Waals surface area contributed by atoms with E-state index < -0.39 is 5.97 Å². The number of hydrogen-bond donors (Lipinski definition) is 2. The number of amides is 1. The second-order valence-corrected chi connectivity index (χ2v) is 5.96. The number of benzene rings is 1. The van der Waals surface area contributed by atoms with Gasteiger partial charge in [-0.1, -0.05) is 18.6 Å². The van der Waals surface area contributed by atoms with Crippen molar-refractivity contribution < 1.29 is 14.7 Å². The maximum Gasteiger partial charge on any atom is 0.335 e. The van der Waals surface area contributed by atoms with E-state index in [2.05, 4.69) is 0 Å². The SMILES string of the molecule is NC1CCCC1C(=O)N1CCc2c(cccc2C(=O)O)C1. The highest BCUT2D eigenvalue weighted by Crippen LogP contribution is 2.29. The van der Waals surface area contributed by atoms with Crippen molar-refractivity contribution in [1.29, 1.82) is 0 Å². The smallest absolute Gasteiger partial charge is 0.335 e. The Morgan fingerprint density at radius 3 is 2.76 bits per heavy atom. The van der Waals surface area contributed by atoms with Gasteiger partial charge >= 0.3 is 5.97 Å². The molecule has 3 N–H and O–H groups in total. The lowest BCUT2D eigenvalue weighted by atomic mass is 9.93. The second kappa shape index (κ2) is 5.48. The number of fused-ring (bicyclic) bond motifs is 1. The van der Waals surface area contributed by atoms with Gasteiger partial charge in [-0.3, -0.25) is 4.79 Å². The Kier molecular flexibility index (Phi) is 3.68. The van der Waals surface area contributed by atoms with Crippen molar-refractivity contribution >= 4 is 11.9 Å². The molecule has 5 heteroatoms. The van der Waals surface area contributed by atoms with Gasteiger partial charge in [-0.25, -0.2) is 4.79 Å². The van der Waals surface area contributed by atoms with Crippen molar-refractivity contribution in [2.75, 3.05) is 6.54 Å². The number of hydrogen-bond acceptors (Lipinski definition) is 3. The lowest BCUT2D eigenvalue weighted by Crippen LogP contribution is -2.44. The Hall–Kier alpha value is -1.88. The average Bonchev–Trinajstić information content (AvgIpc) is 2.91. The van der Waals surface area contributed by atoms with Crippen LogP contribution in [-0.4, -0.2) is 34.5 Å². The zero-order valence-electron chi connectivity index (χ0n) is 11.9. The molecule has 0 radical (unpaired) electrons. The molecule has 112 valence electrons. The van der Waals surface area contributed by atoms with Crippen LogP contribution < -0.4 is 5.73 Å². The molecule has 3 rings (SSSR count). The van der Waals surface area contributed by atoms with Gasteiger partial charge in [-0.2, -0.15) is 0 Å². The quantitative estimate of drug-likeness (QED) is 0.861. The number of carbonyl (C=O) groups is 2. The summed E-state index contributed by atoms with van der Waals surface area (Å²) in [6, 6.07) is 5.27. The average molecular weight is 288 g/mol. The minimum absolute atomic E-state index is 0.0238. The van der Waals surface area contributed by atoms with Gasteiger partial charge < -0.3 is 15.7 Å². The first-order valence-corrected chi connectivity index (χ1v) is 7.46. The highest BCUT2D eigenvalue weighted by molar-refractivity contribution is 5.90. The van der Waals surface area contributed by atoms with E-state index in [1.54, 1.807) is 12.1 Å². The summed E-state index contributed by atoms with van der Waals surface area (Å²) in [5, 5.41) is 9.23. The molecule has 1 aromatic carbocycles. The number of nitrogens with zero attached hydrogens (tertiary/aromatic N) is 1. The number of carboxylic acid groups (broad SMARTS) is 1. The van der Waals surface area contributed by atoms with Crippen LogP contribution in [0.4, 0.5) is 0 Å². The first-order chi connectivity index (χ1) is 10.1. The Labute approximate surface area is 123 Å². The van der Waals surface area contributed by atoms with Gasteiger partial charge in [0.05, 0.1) is 11.5 Å². The fourth-order valence-corrected chi connectivity index (χ4v) is 3.53. The van der Waals surface area contributed by atoms with E-state index >= 15 is 0 Å². The fourth-order valence-electron chi connectivity index (χ4n) is 3.53. The second-order valence-electron chi connectivity index (χ2n) is 5.96. The van der Waals surface area contributed by atoms with Crippen LogP contribution >= 0.6 is 0 Å². The molecule has 1 saturated carbocycles. The lowest BCUT2D eigenvalue weighted by molar-refractivity contribution is -0.136. The van der Waals surface area contributed by atoms with E-state index in [0.29, 0.717) is 25.1 Å². The van der Waals surface area contributed by atoms with Gasteiger partial charge in [0.1, 0.15) is 0 Å². The van der Waals surface area contributed by atoms with E-state index in [4.69, 9.17) is 5.73 Å². The topological polar surface area (TPSA) is 83.6 Å². The van der Waals surface area contributed by atoms with E-state index in [0.717, 1.165) is 30.4 Å². The molecule has 1 aromatic rings. The highest BCUT2D eigenvalue weighted by atomic mass is 16.4. The van der Waals surface area contributed by atoms with Crippen molar-refractivity contribution in [3.8, 4) is 0 Å². The third-order valence-electron chi connectivity index (χ3n) is 4.69. The Morgan fingerprint density at radius 1 is 1.29 bits per heavy atom. The molecule has 1 aliphatic carbocycles. The van der Waals surface area contributed by atoms with Crippen LogP contribution in [0.15, 0.2) is 18.2 Å². The molecule has 5 nitrogen and oxygen atoms in total. The molecule has 2 aliphatic rings. The summed E-state index contributed by atoms with van der Waals surface area (Å²) in [4.78, 5) is 25.6. The molecule has 0 bridgehead atoms. The molecule has 1 amide bonds. The summed E-state index contributed by atoms with van der Waals surface area (Å²) in [6.07, 6.45) is 3.42. The summed E-state index contributed by atoms with van der Waals surface area (Å²) in [5.41, 5.74) is 8.19. The van der Waals surface area contributed by atoms with Gasteiger partial charge in [0.15, 0.2) is 0 Å². The maximum absolute atomic E-state index is 12.6. The zero-order chi connectivity index (χ0) is 15.0. The molecule has 21 heavy (non-hydrogen) atoms. The van der Waals surface area contributed by atoms with Crippen molar-refractivity contribution in [3.63, 3.8) is 0 Å². The van der Waals surface area contributed by atoms with Crippen LogP contribution in [0, 0.1) is 5.92 Å². The third kappa shape index (κ3) is 2.53. The molecule has 1 heterocycles. The maximum atomic E-state index is 12.6. The Balaban J connectivity index is 1.80. The molecule has 1 aliphatic heterocycles. The van der Waals surface area contributed by atoms with Crippen molar-refractivity contribution in [2.45, 2.75) is 38.3 Å². The Bertz CT molecular complexity index is 585. The number of rotatable bonds is 2. The normalized spacial score (nSPS) is 24.7. The van der Waals surface area contributed by atoms with E-state index in [-0.39, 0.29) is 17.9 Å². The summed E-state index contributed by atoms with van der Waals surface area (Å²) in [7, 11) is 0. The lowest BCUT2D eigenvalue weighted by Gasteiger charge is -2.32. The molecule has 0 saturated heterocycles. The van der Waals surface area contributed by atoms with Gasteiger partial charge in [0.25, 0.3) is 0 Å². The molecule has 2 unspecified atom stereocenters. The van der Waals surface area contributed by atoms with Crippen molar-refractivity contribution in [2.24, 2.45) is 11.7 Å². The Morgan fingerprint density at radius 2 is 2.10 bits per heavy atom. The number of aromatic carboxylic acids is 1. The van der Waals surface area contributed by atoms with Gasteiger partial charge in [0, 0.05) is 19.1 Å². The van der Waals surface area contributed by atoms with Crippen molar-refractivity contribution in [1.82, 2.24) is 4.90 Å². The van der Waals surface area contributed by atoms with Crippen LogP contribution in [0.2, 0.25) is 0 Å². The molecule has 0 aromatic heterocycles. The number of carboxylic acids is 1. The minimum Gasteiger partial charge on any atom is -0.478 e. The van der Waals surface area contributed by atoms with Gasteiger partial charge in [0.2, 0.25) is 5.91 Å². The predicted octanol–water partition coefficient (Wildman–Crippen LogP) is 1.40. The van der Waals surface area contributed by atoms with Crippen molar-refractivity contribution in [3.05, 3.63) is 34.9 Å². The third-order valence-corrected chi connectivity index (χ3v) is 4.69. The zero-order valence-corrected chi connectivity index (χ0v) is 11.9. The van der Waals surface area contributed by atoms with Gasteiger partial charge in [-0.05, 0) is 36.5 Å². The van der Waals surface area contributed by atoms with E-state index in [1.165, 1.54) is 0 Å². The van der Waals surface area contributed by atoms with Crippen LogP contribution in [0.3, 0.4) is 0 Å². The van der Waals surface area contributed by atoms with E-state index in [9.17, 15) is 14.7 Å². The van der Waals surface area contributed by atoms with Gasteiger partial charge in [-0.15, -0.1) is 0 Å². The highest BCUT2D eigenvalue weighted by Gasteiger charge is 2.34. The monoisotopic (exact) mass is 288 g/mol. The molecular weight excluding hydrogens is 268 g/mol. The number of carbonyl (C=O) groups excluding carboxylic acids is 1. The minimum atomic E-state index is -0.899. The van der Waals surface area contributed by atoms with Crippen LogP contribution in [0.25, 0.3) is 0 Å². The molecule has 1 fully saturated rings. The first-order valence-electron chi connectivity index (χ1n) is 7.46. The molecular formula is C16H20N2O3. The van der Waals surface area contributed by atoms with Crippen LogP contribution in [0.5, 0.6) is 0 Å². The van der Waals surface area contributed by atoms with E-state index in [1.807, 2.05) is 11.0 Å². The first kappa shape index (κ1) is 14.1. The summed E-state index contributed by atoms with van der Waals surface area (Å²) in [5.74, 6) is -0.829. The van der Waals surface area contributed by atoms with Crippen LogP contribution in [-0.2, 0) is 17.8 Å². The fraction of sp³-hybridized carbons (Fsp3) is 0.500. The molecule has 2 atom stereocenters.